The molecule has 7 heteroatoms. The number of rotatable bonds is 6. The number of benzene rings is 1. The van der Waals surface area contributed by atoms with Crippen molar-refractivity contribution < 1.29 is 19.2 Å². The average Bonchev–Trinajstić information content (AvgIpc) is 2.77. The minimum atomic E-state index is -0.741. The number of halogens is 1. The molecule has 1 aliphatic heterocycles. The van der Waals surface area contributed by atoms with Crippen molar-refractivity contribution in [3.8, 4) is 0 Å². The fourth-order valence-corrected chi connectivity index (χ4v) is 2.42. The molecule has 0 unspecified atom stereocenters. The van der Waals surface area contributed by atoms with Gasteiger partial charge in [-0.05, 0) is 24.6 Å². The van der Waals surface area contributed by atoms with Gasteiger partial charge in [0.25, 0.3) is 5.95 Å². The van der Waals surface area contributed by atoms with Crippen molar-refractivity contribution in [3.63, 3.8) is 0 Å². The SMILES string of the molecule is CCOC1=C([C@H](C[N+](=O)[O-])c2cccc(Cl)c2)C(=O)CO1. The predicted molar refractivity (Wildman–Crippen MR) is 75.7 cm³/mol. The minimum Gasteiger partial charge on any atom is -0.465 e. The molecule has 1 aliphatic rings. The van der Waals surface area contributed by atoms with Crippen molar-refractivity contribution in [1.29, 1.82) is 0 Å². The largest absolute Gasteiger partial charge is 0.465 e. The average molecular weight is 312 g/mol. The Morgan fingerprint density at radius 3 is 2.90 bits per heavy atom. The molecule has 6 nitrogen and oxygen atoms in total. The van der Waals surface area contributed by atoms with Crippen molar-refractivity contribution in [2.45, 2.75) is 12.8 Å². The van der Waals surface area contributed by atoms with Crippen LogP contribution in [0.15, 0.2) is 35.8 Å². The van der Waals surface area contributed by atoms with Gasteiger partial charge in [-0.15, -0.1) is 0 Å². The standard InChI is InChI=1S/C14H14ClNO5/c1-2-20-14-13(12(17)8-21-14)11(7-16(18)19)9-4-3-5-10(15)6-9/h3-6,11H,2,7-8H2,1H3/t11-/m1/s1. The van der Waals surface area contributed by atoms with Crippen LogP contribution in [0.2, 0.25) is 5.02 Å². The van der Waals surface area contributed by atoms with Crippen LogP contribution in [0.4, 0.5) is 0 Å². The van der Waals surface area contributed by atoms with E-state index in [-0.39, 0.29) is 23.9 Å². The summed E-state index contributed by atoms with van der Waals surface area (Å²) in [7, 11) is 0. The zero-order chi connectivity index (χ0) is 15.4. The molecule has 21 heavy (non-hydrogen) atoms. The second kappa shape index (κ2) is 6.58. The lowest BCUT2D eigenvalue weighted by molar-refractivity contribution is -0.481. The first-order valence-corrected chi connectivity index (χ1v) is 6.81. The van der Waals surface area contributed by atoms with Crippen LogP contribution in [0.3, 0.4) is 0 Å². The number of hydrogen-bond donors (Lipinski definition) is 0. The highest BCUT2D eigenvalue weighted by Gasteiger charge is 2.36. The van der Waals surface area contributed by atoms with Crippen LogP contribution in [0.25, 0.3) is 0 Å². The number of Topliss-reactive ketones (excluding diaryl/α,β-unsaturated/α-hetero) is 1. The van der Waals surface area contributed by atoms with Crippen LogP contribution in [-0.2, 0) is 14.3 Å². The number of carbonyl (C=O) groups excluding carboxylic acids is 1. The summed E-state index contributed by atoms with van der Waals surface area (Å²) in [5.74, 6) is -0.963. The number of nitrogens with zero attached hydrogens (tertiary/aromatic N) is 1. The Kier molecular flexibility index (Phi) is 4.80. The molecule has 0 aromatic heterocycles. The van der Waals surface area contributed by atoms with Crippen molar-refractivity contribution in [3.05, 3.63) is 56.5 Å². The molecule has 0 N–H and O–H groups in total. The van der Waals surface area contributed by atoms with Gasteiger partial charge in [0, 0.05) is 9.95 Å². The molecule has 0 aliphatic carbocycles. The fourth-order valence-electron chi connectivity index (χ4n) is 2.22. The Bertz CT molecular complexity index is 599. The van der Waals surface area contributed by atoms with Gasteiger partial charge in [-0.3, -0.25) is 14.9 Å². The van der Waals surface area contributed by atoms with Crippen LogP contribution < -0.4 is 0 Å². The summed E-state index contributed by atoms with van der Waals surface area (Å²) in [5.41, 5.74) is 0.793. The van der Waals surface area contributed by atoms with Crippen molar-refractivity contribution in [2.75, 3.05) is 19.8 Å². The smallest absolute Gasteiger partial charge is 0.287 e. The summed E-state index contributed by atoms with van der Waals surface area (Å²) in [5, 5.41) is 11.4. The molecule has 112 valence electrons. The molecular formula is C14H14ClNO5. The molecule has 0 fully saturated rings. The van der Waals surface area contributed by atoms with Gasteiger partial charge >= 0.3 is 0 Å². The third-order valence-corrected chi connectivity index (χ3v) is 3.30. The first kappa shape index (κ1) is 15.3. The van der Waals surface area contributed by atoms with Crippen LogP contribution in [0.5, 0.6) is 0 Å². The number of ether oxygens (including phenoxy) is 2. The highest BCUT2D eigenvalue weighted by Crippen LogP contribution is 2.33. The predicted octanol–water partition coefficient (Wildman–Crippen LogP) is 2.55. The van der Waals surface area contributed by atoms with E-state index in [0.717, 1.165) is 0 Å². The molecule has 0 amide bonds. The molecule has 0 bridgehead atoms. The van der Waals surface area contributed by atoms with Gasteiger partial charge in [0.15, 0.2) is 6.61 Å². The molecule has 1 heterocycles. The molecule has 1 atom stereocenters. The summed E-state index contributed by atoms with van der Waals surface area (Å²) in [6.07, 6.45) is 0. The highest BCUT2D eigenvalue weighted by atomic mass is 35.5. The van der Waals surface area contributed by atoms with E-state index in [1.54, 1.807) is 31.2 Å². The Balaban J connectivity index is 2.46. The third kappa shape index (κ3) is 3.52. The first-order chi connectivity index (χ1) is 10.0. The van der Waals surface area contributed by atoms with Gasteiger partial charge in [0.2, 0.25) is 12.3 Å². The number of carbonyl (C=O) groups is 1. The van der Waals surface area contributed by atoms with Crippen LogP contribution in [0, 0.1) is 10.1 Å². The van der Waals surface area contributed by atoms with Gasteiger partial charge in [0.05, 0.1) is 18.1 Å². The third-order valence-electron chi connectivity index (χ3n) is 3.06. The molecule has 2 rings (SSSR count). The van der Waals surface area contributed by atoms with E-state index >= 15 is 0 Å². The zero-order valence-electron chi connectivity index (χ0n) is 11.4. The quantitative estimate of drug-likeness (QED) is 0.596. The van der Waals surface area contributed by atoms with E-state index in [2.05, 4.69) is 0 Å². The van der Waals surface area contributed by atoms with Crippen LogP contribution in [-0.4, -0.2) is 30.5 Å². The lowest BCUT2D eigenvalue weighted by Gasteiger charge is -2.14. The van der Waals surface area contributed by atoms with E-state index in [0.29, 0.717) is 17.2 Å². The van der Waals surface area contributed by atoms with Gasteiger partial charge in [-0.1, -0.05) is 23.7 Å². The molecule has 0 radical (unpaired) electrons. The Labute approximate surface area is 126 Å². The normalized spacial score (nSPS) is 15.8. The van der Waals surface area contributed by atoms with E-state index in [1.165, 1.54) is 0 Å². The van der Waals surface area contributed by atoms with Gasteiger partial charge < -0.3 is 9.47 Å². The summed E-state index contributed by atoms with van der Waals surface area (Å²) >= 11 is 5.93. The number of hydrogen-bond acceptors (Lipinski definition) is 5. The van der Waals surface area contributed by atoms with E-state index in [4.69, 9.17) is 21.1 Å². The van der Waals surface area contributed by atoms with E-state index in [1.807, 2.05) is 0 Å². The van der Waals surface area contributed by atoms with Crippen molar-refractivity contribution >= 4 is 17.4 Å². The maximum Gasteiger partial charge on any atom is 0.287 e. The topological polar surface area (TPSA) is 78.7 Å². The van der Waals surface area contributed by atoms with Gasteiger partial charge in [0.1, 0.15) is 0 Å². The molecule has 1 aromatic rings. The molecule has 0 saturated heterocycles. The lowest BCUT2D eigenvalue weighted by atomic mass is 9.89. The lowest BCUT2D eigenvalue weighted by Crippen LogP contribution is -2.19. The Morgan fingerprint density at radius 1 is 1.52 bits per heavy atom. The van der Waals surface area contributed by atoms with Crippen LogP contribution >= 0.6 is 11.6 Å². The molecule has 0 saturated carbocycles. The van der Waals surface area contributed by atoms with Gasteiger partial charge in [-0.2, -0.15) is 0 Å². The minimum absolute atomic E-state index is 0.0781. The van der Waals surface area contributed by atoms with Gasteiger partial charge in [-0.25, -0.2) is 0 Å². The number of nitro groups is 1. The molecular weight excluding hydrogens is 298 g/mol. The van der Waals surface area contributed by atoms with Crippen molar-refractivity contribution in [2.24, 2.45) is 0 Å². The first-order valence-electron chi connectivity index (χ1n) is 6.43. The Hall–Kier alpha value is -2.08. The summed E-state index contributed by atoms with van der Waals surface area (Å²) in [6.45, 7) is 1.48. The summed E-state index contributed by atoms with van der Waals surface area (Å²) < 4.78 is 10.5. The number of ketones is 1. The van der Waals surface area contributed by atoms with E-state index < -0.39 is 17.4 Å². The van der Waals surface area contributed by atoms with E-state index in [9.17, 15) is 14.9 Å². The maximum absolute atomic E-state index is 12.0. The summed E-state index contributed by atoms with van der Waals surface area (Å²) in [6, 6.07) is 6.66. The molecule has 0 spiro atoms. The summed E-state index contributed by atoms with van der Waals surface area (Å²) in [4.78, 5) is 22.5. The van der Waals surface area contributed by atoms with Crippen LogP contribution in [0.1, 0.15) is 18.4 Å². The fraction of sp³-hybridized carbons (Fsp3) is 0.357. The Morgan fingerprint density at radius 2 is 2.29 bits per heavy atom. The zero-order valence-corrected chi connectivity index (χ0v) is 12.1. The second-order valence-corrected chi connectivity index (χ2v) is 4.91. The molecule has 1 aromatic carbocycles. The highest BCUT2D eigenvalue weighted by molar-refractivity contribution is 6.30. The monoisotopic (exact) mass is 311 g/mol. The van der Waals surface area contributed by atoms with Crippen molar-refractivity contribution in [1.82, 2.24) is 0 Å². The second-order valence-electron chi connectivity index (χ2n) is 4.47. The maximum atomic E-state index is 12.0.